The molecule has 3 rings (SSSR count). The van der Waals surface area contributed by atoms with Gasteiger partial charge in [0, 0.05) is 10.7 Å². The molecular formula is C34H50Br2O3. The predicted octanol–water partition coefficient (Wildman–Crippen LogP) is 11.0. The lowest BCUT2D eigenvalue weighted by molar-refractivity contribution is 0.287. The number of phenolic OH excluding ortho intramolecular Hbond substituents is 1. The molecule has 0 aliphatic carbocycles. The fraction of sp³-hybridized carbons (Fsp3) is 0.471. The van der Waals surface area contributed by atoms with E-state index >= 15 is 0 Å². The molecule has 0 amide bonds. The van der Waals surface area contributed by atoms with E-state index in [-0.39, 0.29) is 7.43 Å². The van der Waals surface area contributed by atoms with Crippen LogP contribution < -0.4 is 9.47 Å². The maximum atomic E-state index is 8.76. The normalized spacial score (nSPS) is 9.77. The van der Waals surface area contributed by atoms with E-state index in [0.29, 0.717) is 5.75 Å². The van der Waals surface area contributed by atoms with Crippen molar-refractivity contribution in [1.29, 1.82) is 0 Å². The Labute approximate surface area is 255 Å². The van der Waals surface area contributed by atoms with Gasteiger partial charge in [0.15, 0.2) is 0 Å². The van der Waals surface area contributed by atoms with E-state index in [9.17, 15) is 0 Å². The minimum Gasteiger partial charge on any atom is -0.508 e. The molecule has 3 nitrogen and oxygen atoms in total. The zero-order valence-electron chi connectivity index (χ0n) is 23.4. The summed E-state index contributed by atoms with van der Waals surface area (Å²) >= 11 is 6.78. The molecular weight excluding hydrogens is 616 g/mol. The number of hydrogen-bond acceptors (Lipinski definition) is 3. The smallest absolute Gasteiger partial charge is 0.119 e. The molecule has 0 aliphatic heterocycles. The number of hydrogen-bond donors (Lipinski definition) is 1. The van der Waals surface area contributed by atoms with Crippen LogP contribution in [0.4, 0.5) is 0 Å². The molecule has 0 saturated carbocycles. The molecule has 3 aromatic carbocycles. The van der Waals surface area contributed by atoms with Crippen LogP contribution in [0, 0.1) is 20.8 Å². The van der Waals surface area contributed by atoms with Crippen molar-refractivity contribution < 1.29 is 14.6 Å². The van der Waals surface area contributed by atoms with Crippen molar-refractivity contribution in [2.75, 3.05) is 23.9 Å². The van der Waals surface area contributed by atoms with Crippen molar-refractivity contribution in [2.45, 2.75) is 79.6 Å². The molecule has 0 radical (unpaired) electrons. The van der Waals surface area contributed by atoms with E-state index in [1.54, 1.807) is 12.1 Å². The average molecular weight is 667 g/mol. The molecule has 0 atom stereocenters. The highest BCUT2D eigenvalue weighted by Crippen LogP contribution is 2.14. The highest BCUT2D eigenvalue weighted by atomic mass is 79.9. The number of alkyl halides is 2. The van der Waals surface area contributed by atoms with Gasteiger partial charge in [-0.15, -0.1) is 0 Å². The minimum atomic E-state index is 0. The predicted molar refractivity (Wildman–Crippen MR) is 177 cm³/mol. The second-order valence-electron chi connectivity index (χ2n) is 9.36. The third kappa shape index (κ3) is 21.5. The Bertz CT molecular complexity index is 848. The monoisotopic (exact) mass is 664 g/mol. The third-order valence-corrected chi connectivity index (χ3v) is 6.79. The lowest BCUT2D eigenvalue weighted by atomic mass is 10.2. The first-order chi connectivity index (χ1) is 18.4. The molecule has 0 saturated heterocycles. The van der Waals surface area contributed by atoms with Crippen LogP contribution in [-0.2, 0) is 0 Å². The zero-order valence-corrected chi connectivity index (χ0v) is 26.6. The van der Waals surface area contributed by atoms with Gasteiger partial charge < -0.3 is 14.6 Å². The van der Waals surface area contributed by atoms with Gasteiger partial charge in [-0.3, -0.25) is 0 Å². The Morgan fingerprint density at radius 1 is 0.487 bits per heavy atom. The fourth-order valence-corrected chi connectivity index (χ4v) is 4.09. The SMILES string of the molecule is BrCCCCCCBr.C.Cc1ccc(O)cc1.Cc1ccc(OCCCCCCOc2ccc(C)cc2)cc1. The fourth-order valence-electron chi connectivity index (χ4n) is 3.29. The van der Waals surface area contributed by atoms with Gasteiger partial charge >= 0.3 is 0 Å². The number of aromatic hydroxyl groups is 1. The van der Waals surface area contributed by atoms with Gasteiger partial charge in [-0.05, 0) is 95.7 Å². The molecule has 0 aliphatic rings. The van der Waals surface area contributed by atoms with Crippen molar-refractivity contribution in [1.82, 2.24) is 0 Å². The maximum absolute atomic E-state index is 8.76. The average Bonchev–Trinajstić information content (AvgIpc) is 2.93. The van der Waals surface area contributed by atoms with Gasteiger partial charge in [0.1, 0.15) is 17.2 Å². The molecule has 39 heavy (non-hydrogen) atoms. The quantitative estimate of drug-likeness (QED) is 0.137. The van der Waals surface area contributed by atoms with Crippen LogP contribution in [0.5, 0.6) is 17.2 Å². The number of phenols is 1. The Morgan fingerprint density at radius 3 is 1.10 bits per heavy atom. The van der Waals surface area contributed by atoms with Crippen LogP contribution in [0.25, 0.3) is 0 Å². The van der Waals surface area contributed by atoms with Gasteiger partial charge in [0.05, 0.1) is 13.2 Å². The van der Waals surface area contributed by atoms with Crippen LogP contribution >= 0.6 is 31.9 Å². The van der Waals surface area contributed by atoms with Gasteiger partial charge in [-0.2, -0.15) is 0 Å². The molecule has 0 unspecified atom stereocenters. The molecule has 1 N–H and O–H groups in total. The van der Waals surface area contributed by atoms with Crippen molar-refractivity contribution >= 4 is 31.9 Å². The summed E-state index contributed by atoms with van der Waals surface area (Å²) in [6.45, 7) is 7.74. The lowest BCUT2D eigenvalue weighted by Gasteiger charge is -2.07. The summed E-state index contributed by atoms with van der Waals surface area (Å²) in [5.74, 6) is 2.26. The second kappa shape index (κ2) is 25.0. The summed E-state index contributed by atoms with van der Waals surface area (Å²) in [5.41, 5.74) is 3.70. The summed E-state index contributed by atoms with van der Waals surface area (Å²) in [7, 11) is 0. The number of benzene rings is 3. The standard InChI is InChI=1S/C20H26O2.C7H8O.C6H12Br2.CH4/c1-17-7-11-19(12-8-17)21-15-5-3-4-6-16-22-20-13-9-18(2)10-14-20;1-6-2-4-7(8)5-3-6;7-5-3-1-2-4-6-8;/h7-14H,3-6,15-16H2,1-2H3;2-5,8H,1H3;1-6H2;1H4. The number of rotatable bonds is 14. The highest BCUT2D eigenvalue weighted by molar-refractivity contribution is 9.09. The zero-order chi connectivity index (χ0) is 27.8. The Balaban J connectivity index is 0.000000698. The van der Waals surface area contributed by atoms with Crippen molar-refractivity contribution in [2.24, 2.45) is 0 Å². The summed E-state index contributed by atoms with van der Waals surface area (Å²) in [4.78, 5) is 0. The molecule has 0 fully saturated rings. The molecule has 0 heterocycles. The highest BCUT2D eigenvalue weighted by Gasteiger charge is 1.96. The van der Waals surface area contributed by atoms with E-state index in [4.69, 9.17) is 14.6 Å². The number of unbranched alkanes of at least 4 members (excludes halogenated alkanes) is 6. The second-order valence-corrected chi connectivity index (χ2v) is 11.0. The number of halogens is 2. The number of aryl methyl sites for hydroxylation is 3. The third-order valence-electron chi connectivity index (χ3n) is 5.67. The molecule has 218 valence electrons. The number of ether oxygens (including phenoxy) is 2. The Hall–Kier alpha value is -1.98. The van der Waals surface area contributed by atoms with E-state index in [2.05, 4.69) is 70.0 Å². The van der Waals surface area contributed by atoms with Crippen molar-refractivity contribution in [3.05, 3.63) is 89.5 Å². The summed E-state index contributed by atoms with van der Waals surface area (Å²) in [6.07, 6.45) is 9.96. The van der Waals surface area contributed by atoms with Gasteiger partial charge in [-0.25, -0.2) is 0 Å². The Morgan fingerprint density at radius 2 is 0.795 bits per heavy atom. The molecule has 0 aromatic heterocycles. The topological polar surface area (TPSA) is 38.7 Å². The van der Waals surface area contributed by atoms with E-state index < -0.39 is 0 Å². The van der Waals surface area contributed by atoms with E-state index in [0.717, 1.165) is 48.2 Å². The molecule has 0 spiro atoms. The van der Waals surface area contributed by atoms with Gasteiger partial charge in [-0.1, -0.05) is 105 Å². The van der Waals surface area contributed by atoms with Crippen LogP contribution in [0.1, 0.15) is 75.5 Å². The van der Waals surface area contributed by atoms with E-state index in [1.807, 2.05) is 43.3 Å². The first-order valence-corrected chi connectivity index (χ1v) is 16.0. The molecule has 5 heteroatoms. The summed E-state index contributed by atoms with van der Waals surface area (Å²) in [6, 6.07) is 23.5. The van der Waals surface area contributed by atoms with Crippen LogP contribution in [0.3, 0.4) is 0 Å². The largest absolute Gasteiger partial charge is 0.508 e. The molecule has 0 bridgehead atoms. The van der Waals surface area contributed by atoms with Crippen LogP contribution in [-0.4, -0.2) is 29.0 Å². The summed E-state index contributed by atoms with van der Waals surface area (Å²) < 4.78 is 11.4. The lowest BCUT2D eigenvalue weighted by Crippen LogP contribution is -1.99. The van der Waals surface area contributed by atoms with Gasteiger partial charge in [0.25, 0.3) is 0 Å². The Kier molecular flexibility index (Phi) is 23.7. The van der Waals surface area contributed by atoms with Crippen molar-refractivity contribution in [3.8, 4) is 17.2 Å². The first-order valence-electron chi connectivity index (χ1n) is 13.7. The summed E-state index contributed by atoms with van der Waals surface area (Å²) in [5, 5.41) is 11.1. The van der Waals surface area contributed by atoms with Crippen LogP contribution in [0.15, 0.2) is 72.8 Å². The van der Waals surface area contributed by atoms with Crippen molar-refractivity contribution in [3.63, 3.8) is 0 Å². The maximum Gasteiger partial charge on any atom is 0.119 e. The van der Waals surface area contributed by atoms with Gasteiger partial charge in [0.2, 0.25) is 0 Å². The first kappa shape index (κ1) is 37.0. The molecule has 3 aromatic rings. The van der Waals surface area contributed by atoms with Crippen LogP contribution in [0.2, 0.25) is 0 Å². The minimum absolute atomic E-state index is 0. The van der Waals surface area contributed by atoms with E-state index in [1.165, 1.54) is 55.2 Å².